The third-order valence-corrected chi connectivity index (χ3v) is 0. The minimum atomic E-state index is 0. The predicted molar refractivity (Wildman–Crippen MR) is 24.7 cm³/mol. The van der Waals surface area contributed by atoms with Gasteiger partial charge in [0.1, 0.15) is 0 Å². The van der Waals surface area contributed by atoms with Crippen molar-refractivity contribution >= 4 is 7.92 Å². The van der Waals surface area contributed by atoms with E-state index in [0.717, 1.165) is 0 Å². The summed E-state index contributed by atoms with van der Waals surface area (Å²) >= 11 is 0. The molecule has 6 heavy (non-hydrogen) atoms. The van der Waals surface area contributed by atoms with Gasteiger partial charge in [0, 0.05) is 0 Å². The standard InChI is InChI=1S/C3H9P.HI.Na/c1-4(2)3;;/h1-3H3;1H;/q;;+1/p-1. The minimum absolute atomic E-state index is 0. The molecule has 0 amide bonds. The number of hydrogen-bond acceptors (Lipinski definition) is 0. The Kier molecular flexibility index (Phi) is 26.7. The number of hydrogen-bond donors (Lipinski definition) is 0. The zero-order chi connectivity index (χ0) is 3.58. The van der Waals surface area contributed by atoms with Crippen LogP contribution in [0, 0.1) is 0 Å². The molecule has 34 valence electrons. The van der Waals surface area contributed by atoms with Gasteiger partial charge in [-0.2, -0.15) is 0 Å². The molecule has 0 aliphatic rings. The molecule has 0 unspecified atom stereocenters. The van der Waals surface area contributed by atoms with Crippen LogP contribution in [-0.2, 0) is 0 Å². The SMILES string of the molecule is CP(C)C.[I-].[Na+]. The van der Waals surface area contributed by atoms with Crippen LogP contribution < -0.4 is 53.5 Å². The van der Waals surface area contributed by atoms with E-state index in [4.69, 9.17) is 0 Å². The fraction of sp³-hybridized carbons (Fsp3) is 1.00. The van der Waals surface area contributed by atoms with Gasteiger partial charge in [0.05, 0.1) is 0 Å². The van der Waals surface area contributed by atoms with Crippen molar-refractivity contribution in [2.24, 2.45) is 0 Å². The fourth-order valence-corrected chi connectivity index (χ4v) is 0. The van der Waals surface area contributed by atoms with E-state index in [0.29, 0.717) is 7.92 Å². The van der Waals surface area contributed by atoms with Crippen LogP contribution in [0.2, 0.25) is 0 Å². The first-order valence-corrected chi connectivity index (χ1v) is 4.02. The molecule has 0 nitrogen and oxygen atoms in total. The van der Waals surface area contributed by atoms with E-state index in [-0.39, 0.29) is 53.5 Å². The Bertz CT molecular complexity index is 15.5. The van der Waals surface area contributed by atoms with E-state index in [9.17, 15) is 0 Å². The van der Waals surface area contributed by atoms with Gasteiger partial charge < -0.3 is 24.0 Å². The van der Waals surface area contributed by atoms with Crippen molar-refractivity contribution in [3.05, 3.63) is 0 Å². The zero-order valence-electron chi connectivity index (χ0n) is 4.83. The van der Waals surface area contributed by atoms with Crippen molar-refractivity contribution < 1.29 is 53.5 Å². The summed E-state index contributed by atoms with van der Waals surface area (Å²) in [6.45, 7) is 6.69. The molecule has 0 aliphatic carbocycles. The quantitative estimate of drug-likeness (QED) is 0.221. The summed E-state index contributed by atoms with van der Waals surface area (Å²) in [4.78, 5) is 0. The second-order valence-electron chi connectivity index (χ2n) is 1.34. The molecule has 0 aromatic rings. The Morgan fingerprint density at radius 3 is 1.00 bits per heavy atom. The van der Waals surface area contributed by atoms with Crippen molar-refractivity contribution in [2.45, 2.75) is 0 Å². The molecule has 3 heteroatoms. The summed E-state index contributed by atoms with van der Waals surface area (Å²) < 4.78 is 0. The molecule has 0 radical (unpaired) electrons. The molecule has 0 heterocycles. The largest absolute Gasteiger partial charge is 1.00 e. The van der Waals surface area contributed by atoms with E-state index >= 15 is 0 Å². The molecular formula is C3H9INaP. The van der Waals surface area contributed by atoms with Gasteiger partial charge >= 0.3 is 29.6 Å². The number of halogens is 1. The maximum Gasteiger partial charge on any atom is 1.00 e. The first kappa shape index (κ1) is 15.7. The van der Waals surface area contributed by atoms with Crippen LogP contribution in [-0.4, -0.2) is 20.0 Å². The average Bonchev–Trinajstić information content (AvgIpc) is 0.811. The molecule has 0 spiro atoms. The van der Waals surface area contributed by atoms with Crippen molar-refractivity contribution in [2.75, 3.05) is 20.0 Å². The smallest absolute Gasteiger partial charge is 1.00 e. The van der Waals surface area contributed by atoms with Crippen LogP contribution >= 0.6 is 7.92 Å². The summed E-state index contributed by atoms with van der Waals surface area (Å²) in [7, 11) is 0.380. The van der Waals surface area contributed by atoms with Crippen LogP contribution in [0.1, 0.15) is 0 Å². The fourth-order valence-electron chi connectivity index (χ4n) is 0. The Morgan fingerprint density at radius 2 is 1.00 bits per heavy atom. The van der Waals surface area contributed by atoms with Gasteiger partial charge in [0.15, 0.2) is 0 Å². The molecule has 0 saturated heterocycles. The molecule has 0 aromatic carbocycles. The van der Waals surface area contributed by atoms with Crippen molar-refractivity contribution in [3.63, 3.8) is 0 Å². The summed E-state index contributed by atoms with van der Waals surface area (Å²) in [5.41, 5.74) is 0. The Labute approximate surface area is 80.5 Å². The van der Waals surface area contributed by atoms with E-state index < -0.39 is 0 Å². The van der Waals surface area contributed by atoms with Gasteiger partial charge in [-0.25, -0.2) is 0 Å². The van der Waals surface area contributed by atoms with Gasteiger partial charge in [-0.15, -0.1) is 7.92 Å². The molecule has 0 atom stereocenters. The summed E-state index contributed by atoms with van der Waals surface area (Å²) in [6.07, 6.45) is 0. The van der Waals surface area contributed by atoms with Crippen LogP contribution in [0.3, 0.4) is 0 Å². The van der Waals surface area contributed by atoms with Gasteiger partial charge in [0.25, 0.3) is 0 Å². The molecule has 0 aliphatic heterocycles. The Balaban J connectivity index is -0.0000000450. The monoisotopic (exact) mass is 226 g/mol. The van der Waals surface area contributed by atoms with Crippen LogP contribution in [0.5, 0.6) is 0 Å². The molecule has 0 rings (SSSR count). The normalized spacial score (nSPS) is 6.00. The van der Waals surface area contributed by atoms with Gasteiger partial charge in [-0.3, -0.25) is 0 Å². The zero-order valence-corrected chi connectivity index (χ0v) is 9.88. The van der Waals surface area contributed by atoms with Gasteiger partial charge in [-0.1, -0.05) is 0 Å². The van der Waals surface area contributed by atoms with Crippen molar-refractivity contribution in [1.82, 2.24) is 0 Å². The third kappa shape index (κ3) is 35.2. The summed E-state index contributed by atoms with van der Waals surface area (Å²) in [5.74, 6) is 0. The molecule has 0 saturated carbocycles. The maximum atomic E-state index is 2.23. The van der Waals surface area contributed by atoms with E-state index in [2.05, 4.69) is 20.0 Å². The van der Waals surface area contributed by atoms with Crippen LogP contribution in [0.4, 0.5) is 0 Å². The molecule has 0 N–H and O–H groups in total. The predicted octanol–water partition coefficient (Wildman–Crippen LogP) is -4.63. The Morgan fingerprint density at radius 1 is 1.00 bits per heavy atom. The molecular weight excluding hydrogens is 217 g/mol. The van der Waals surface area contributed by atoms with E-state index in [1.54, 1.807) is 0 Å². The molecule has 0 aromatic heterocycles. The second kappa shape index (κ2) is 10.2. The van der Waals surface area contributed by atoms with E-state index in [1.165, 1.54) is 0 Å². The van der Waals surface area contributed by atoms with Crippen molar-refractivity contribution in [1.29, 1.82) is 0 Å². The van der Waals surface area contributed by atoms with Crippen LogP contribution in [0.15, 0.2) is 0 Å². The minimum Gasteiger partial charge on any atom is -1.00 e. The van der Waals surface area contributed by atoms with Gasteiger partial charge in [0.2, 0.25) is 0 Å². The van der Waals surface area contributed by atoms with Crippen LogP contribution in [0.25, 0.3) is 0 Å². The third-order valence-electron chi connectivity index (χ3n) is 0. The topological polar surface area (TPSA) is 0 Å². The molecule has 0 fully saturated rings. The molecule has 0 bridgehead atoms. The number of rotatable bonds is 0. The summed E-state index contributed by atoms with van der Waals surface area (Å²) in [6, 6.07) is 0. The van der Waals surface area contributed by atoms with Crippen molar-refractivity contribution in [3.8, 4) is 0 Å². The average molecular weight is 226 g/mol. The first-order valence-electron chi connectivity index (χ1n) is 1.34. The Hall–Kier alpha value is 2.16. The first-order chi connectivity index (χ1) is 1.73. The maximum absolute atomic E-state index is 2.23. The second-order valence-corrected chi connectivity index (χ2v) is 4.02. The van der Waals surface area contributed by atoms with Gasteiger partial charge in [-0.05, 0) is 20.0 Å². The van der Waals surface area contributed by atoms with E-state index in [1.807, 2.05) is 0 Å². The summed E-state index contributed by atoms with van der Waals surface area (Å²) in [5, 5.41) is 0.